The summed E-state index contributed by atoms with van der Waals surface area (Å²) in [6.07, 6.45) is 0.826. The Labute approximate surface area is 222 Å². The zero-order valence-corrected chi connectivity index (χ0v) is 22.4. The molecule has 2 heterocycles. The van der Waals surface area contributed by atoms with E-state index in [1.165, 1.54) is 16.9 Å². The molecule has 1 fully saturated rings. The minimum absolute atomic E-state index is 0.0494. The number of thiazole rings is 1. The highest BCUT2D eigenvalue weighted by Crippen LogP contribution is 2.19. The Morgan fingerprint density at radius 3 is 2.51 bits per heavy atom. The molecule has 3 amide bonds. The topological polar surface area (TPSA) is 78.0 Å². The standard InChI is InChI=1S/C28H35N5O3S/c1-3-23-11-7-8-12-24(23)30-28(35)33(17-18-36-2)20-26-29-25(21-37-26)27(34)32-15-13-31(14-16-32)19-22-9-5-4-6-10-22/h4-12,21H,3,13-20H2,1-2H3,(H,30,35). The number of methoxy groups -OCH3 is 1. The van der Waals surface area contributed by atoms with Gasteiger partial charge in [0.15, 0.2) is 0 Å². The molecule has 37 heavy (non-hydrogen) atoms. The molecule has 1 aliphatic heterocycles. The van der Waals surface area contributed by atoms with Crippen LogP contribution in [0.15, 0.2) is 60.0 Å². The molecule has 1 N–H and O–H groups in total. The Balaban J connectivity index is 1.34. The van der Waals surface area contributed by atoms with Gasteiger partial charge < -0.3 is 19.9 Å². The number of aromatic nitrogens is 1. The number of amides is 3. The predicted molar refractivity (Wildman–Crippen MR) is 147 cm³/mol. The van der Waals surface area contributed by atoms with Crippen LogP contribution < -0.4 is 5.32 Å². The maximum absolute atomic E-state index is 13.1. The number of benzene rings is 2. The van der Waals surface area contributed by atoms with Crippen molar-refractivity contribution in [3.05, 3.63) is 81.8 Å². The van der Waals surface area contributed by atoms with Gasteiger partial charge in [0, 0.05) is 57.4 Å². The van der Waals surface area contributed by atoms with Crippen molar-refractivity contribution < 1.29 is 14.3 Å². The molecular formula is C28H35N5O3S. The van der Waals surface area contributed by atoms with Crippen molar-refractivity contribution in [3.8, 4) is 0 Å². The van der Waals surface area contributed by atoms with E-state index in [1.54, 1.807) is 17.4 Å². The van der Waals surface area contributed by atoms with E-state index in [9.17, 15) is 9.59 Å². The number of anilines is 1. The SMILES string of the molecule is CCc1ccccc1NC(=O)N(CCOC)Cc1nc(C(=O)N2CCN(Cc3ccccc3)CC2)cs1. The molecule has 0 radical (unpaired) electrons. The largest absolute Gasteiger partial charge is 0.383 e. The van der Waals surface area contributed by atoms with Crippen LogP contribution >= 0.6 is 11.3 Å². The Morgan fingerprint density at radius 1 is 1.05 bits per heavy atom. The summed E-state index contributed by atoms with van der Waals surface area (Å²) in [4.78, 5) is 36.7. The van der Waals surface area contributed by atoms with Crippen molar-refractivity contribution >= 4 is 29.0 Å². The minimum atomic E-state index is -0.212. The third kappa shape index (κ3) is 7.38. The summed E-state index contributed by atoms with van der Waals surface area (Å²) in [6, 6.07) is 18.0. The molecule has 0 saturated carbocycles. The minimum Gasteiger partial charge on any atom is -0.383 e. The molecule has 9 heteroatoms. The summed E-state index contributed by atoms with van der Waals surface area (Å²) in [5.41, 5.74) is 3.61. The first-order valence-corrected chi connectivity index (χ1v) is 13.6. The van der Waals surface area contributed by atoms with E-state index in [0.717, 1.165) is 42.3 Å². The fourth-order valence-electron chi connectivity index (χ4n) is 4.36. The van der Waals surface area contributed by atoms with Crippen LogP contribution in [0.5, 0.6) is 0 Å². The molecule has 0 spiro atoms. The van der Waals surface area contributed by atoms with Crippen LogP contribution in [0.4, 0.5) is 10.5 Å². The van der Waals surface area contributed by atoms with Crippen molar-refractivity contribution in [2.24, 2.45) is 0 Å². The normalized spacial score (nSPS) is 13.9. The van der Waals surface area contributed by atoms with Crippen LogP contribution in [0.2, 0.25) is 0 Å². The second kappa shape index (κ2) is 13.3. The molecule has 1 aromatic heterocycles. The summed E-state index contributed by atoms with van der Waals surface area (Å²) in [7, 11) is 1.61. The quantitative estimate of drug-likeness (QED) is 0.429. The number of piperazine rings is 1. The monoisotopic (exact) mass is 521 g/mol. The van der Waals surface area contributed by atoms with E-state index in [4.69, 9.17) is 4.74 Å². The van der Waals surface area contributed by atoms with Crippen LogP contribution in [0.25, 0.3) is 0 Å². The molecule has 8 nitrogen and oxygen atoms in total. The van der Waals surface area contributed by atoms with Crippen LogP contribution in [-0.2, 0) is 24.2 Å². The highest BCUT2D eigenvalue weighted by atomic mass is 32.1. The van der Waals surface area contributed by atoms with Crippen molar-refractivity contribution in [1.29, 1.82) is 0 Å². The van der Waals surface area contributed by atoms with Gasteiger partial charge >= 0.3 is 6.03 Å². The highest BCUT2D eigenvalue weighted by Gasteiger charge is 2.25. The van der Waals surface area contributed by atoms with Gasteiger partial charge in [0.05, 0.1) is 13.2 Å². The summed E-state index contributed by atoms with van der Waals surface area (Å²) in [6.45, 7) is 7.12. The number of rotatable bonds is 10. The van der Waals surface area contributed by atoms with Gasteiger partial charge in [0.25, 0.3) is 5.91 Å². The van der Waals surface area contributed by atoms with Gasteiger partial charge in [-0.25, -0.2) is 9.78 Å². The lowest BCUT2D eigenvalue weighted by Gasteiger charge is -2.34. The van der Waals surface area contributed by atoms with Crippen LogP contribution in [-0.4, -0.2) is 78.1 Å². The van der Waals surface area contributed by atoms with Gasteiger partial charge in [-0.3, -0.25) is 9.69 Å². The molecule has 196 valence electrons. The van der Waals surface area contributed by atoms with Gasteiger partial charge in [-0.15, -0.1) is 11.3 Å². The maximum atomic E-state index is 13.1. The molecule has 0 bridgehead atoms. The highest BCUT2D eigenvalue weighted by molar-refractivity contribution is 7.09. The number of ether oxygens (including phenoxy) is 1. The molecule has 1 saturated heterocycles. The molecule has 1 aliphatic rings. The van der Waals surface area contributed by atoms with E-state index < -0.39 is 0 Å². The van der Waals surface area contributed by atoms with Gasteiger partial charge in [0.1, 0.15) is 10.7 Å². The van der Waals surface area contributed by atoms with Crippen molar-refractivity contribution in [2.75, 3.05) is 51.8 Å². The average Bonchev–Trinajstić information content (AvgIpc) is 3.40. The van der Waals surface area contributed by atoms with Gasteiger partial charge in [-0.05, 0) is 23.6 Å². The number of nitrogens with zero attached hydrogens (tertiary/aromatic N) is 4. The summed E-state index contributed by atoms with van der Waals surface area (Å²) < 4.78 is 5.22. The number of nitrogens with one attached hydrogen (secondary N) is 1. The number of urea groups is 1. The Bertz CT molecular complexity index is 1160. The van der Waals surface area contributed by atoms with Crippen molar-refractivity contribution in [1.82, 2.24) is 19.7 Å². The Morgan fingerprint density at radius 2 is 1.78 bits per heavy atom. The third-order valence-corrected chi connectivity index (χ3v) is 7.33. The first-order valence-electron chi connectivity index (χ1n) is 12.7. The van der Waals surface area contributed by atoms with E-state index in [1.807, 2.05) is 35.2 Å². The average molecular weight is 522 g/mol. The number of para-hydroxylation sites is 1. The first kappa shape index (κ1) is 26.8. The fourth-order valence-corrected chi connectivity index (χ4v) is 5.14. The zero-order chi connectivity index (χ0) is 26.0. The second-order valence-electron chi connectivity index (χ2n) is 9.04. The van der Waals surface area contributed by atoms with Gasteiger partial charge in [-0.2, -0.15) is 0 Å². The zero-order valence-electron chi connectivity index (χ0n) is 21.6. The smallest absolute Gasteiger partial charge is 0.322 e. The number of carbonyl (C=O) groups is 2. The molecule has 4 rings (SSSR count). The molecule has 0 aliphatic carbocycles. The van der Waals surface area contributed by atoms with Gasteiger partial charge in [0.2, 0.25) is 0 Å². The van der Waals surface area contributed by atoms with Crippen molar-refractivity contribution in [2.45, 2.75) is 26.4 Å². The van der Waals surface area contributed by atoms with Crippen LogP contribution in [0.1, 0.15) is 33.5 Å². The number of carbonyl (C=O) groups excluding carboxylic acids is 2. The van der Waals surface area contributed by atoms with Crippen LogP contribution in [0, 0.1) is 0 Å². The van der Waals surface area contributed by atoms with Crippen molar-refractivity contribution in [3.63, 3.8) is 0 Å². The van der Waals surface area contributed by atoms with Crippen LogP contribution in [0.3, 0.4) is 0 Å². The molecular weight excluding hydrogens is 486 g/mol. The summed E-state index contributed by atoms with van der Waals surface area (Å²) >= 11 is 1.41. The Kier molecular flexibility index (Phi) is 9.65. The summed E-state index contributed by atoms with van der Waals surface area (Å²) in [5.74, 6) is -0.0494. The predicted octanol–water partition coefficient (Wildman–Crippen LogP) is 4.34. The fraction of sp³-hybridized carbons (Fsp3) is 0.393. The molecule has 2 aromatic carbocycles. The molecule has 0 unspecified atom stereocenters. The van der Waals surface area contributed by atoms with E-state index in [2.05, 4.69) is 46.4 Å². The van der Waals surface area contributed by atoms with E-state index in [0.29, 0.717) is 38.5 Å². The lowest BCUT2D eigenvalue weighted by Crippen LogP contribution is -2.48. The maximum Gasteiger partial charge on any atom is 0.322 e. The third-order valence-electron chi connectivity index (χ3n) is 6.50. The van der Waals surface area contributed by atoms with E-state index in [-0.39, 0.29) is 11.9 Å². The number of hydrogen-bond donors (Lipinski definition) is 1. The summed E-state index contributed by atoms with van der Waals surface area (Å²) in [5, 5.41) is 5.54. The number of hydrogen-bond acceptors (Lipinski definition) is 6. The first-order chi connectivity index (χ1) is 18.1. The van der Waals surface area contributed by atoms with Gasteiger partial charge in [-0.1, -0.05) is 55.5 Å². The van der Waals surface area contributed by atoms with E-state index >= 15 is 0 Å². The molecule has 0 atom stereocenters. The Hall–Kier alpha value is -3.27. The molecule has 3 aromatic rings. The number of aryl methyl sites for hydroxylation is 1. The second-order valence-corrected chi connectivity index (χ2v) is 9.98. The lowest BCUT2D eigenvalue weighted by atomic mass is 10.1. The lowest BCUT2D eigenvalue weighted by molar-refractivity contribution is 0.0623.